The van der Waals surface area contributed by atoms with Crippen molar-refractivity contribution >= 4 is 34.2 Å². The summed E-state index contributed by atoms with van der Waals surface area (Å²) in [7, 11) is 0. The van der Waals surface area contributed by atoms with Crippen molar-refractivity contribution < 1.29 is 0 Å². The largest absolute Gasteiger partial charge is 0.370 e. The lowest BCUT2D eigenvalue weighted by Crippen LogP contribution is -2.23. The number of hydrogen-bond acceptors (Lipinski definition) is 1. The second kappa shape index (κ2) is 4.16. The molecule has 1 fully saturated rings. The predicted octanol–water partition coefficient (Wildman–Crippen LogP) is 2.18. The Bertz CT molecular complexity index is 358. The van der Waals surface area contributed by atoms with Crippen LogP contribution >= 0.6 is 22.6 Å². The van der Waals surface area contributed by atoms with E-state index in [-0.39, 0.29) is 0 Å². The van der Waals surface area contributed by atoms with Gasteiger partial charge in [0.05, 0.1) is 11.7 Å². The molecule has 0 heterocycles. The number of nitrogens with zero attached hydrogens (tertiary/aromatic N) is 1. The average Bonchev–Trinajstić information content (AvgIpc) is 2.93. The second-order valence-electron chi connectivity index (χ2n) is 3.35. The molecule has 0 aromatic heterocycles. The third-order valence-electron chi connectivity index (χ3n) is 2.01. The van der Waals surface area contributed by atoms with Crippen LogP contribution in [0.25, 0.3) is 0 Å². The van der Waals surface area contributed by atoms with E-state index in [1.165, 1.54) is 12.8 Å². The van der Waals surface area contributed by atoms with E-state index in [0.29, 0.717) is 12.0 Å². The number of nitrogens with one attached hydrogen (secondary N) is 1. The van der Waals surface area contributed by atoms with E-state index in [2.05, 4.69) is 32.9 Å². The van der Waals surface area contributed by atoms with Gasteiger partial charge in [-0.1, -0.05) is 12.1 Å². The van der Waals surface area contributed by atoms with Gasteiger partial charge in [-0.3, -0.25) is 0 Å². The SMILES string of the molecule is NC(=NC1CC1)Nc1ccccc1I. The minimum Gasteiger partial charge on any atom is -0.370 e. The number of hydrogen-bond donors (Lipinski definition) is 2. The zero-order valence-corrected chi connectivity index (χ0v) is 9.86. The third-order valence-corrected chi connectivity index (χ3v) is 2.95. The molecule has 0 radical (unpaired) electrons. The van der Waals surface area contributed by atoms with Gasteiger partial charge in [0.15, 0.2) is 5.96 Å². The molecule has 0 unspecified atom stereocenters. The number of benzene rings is 1. The number of aliphatic imine (C=N–C) groups is 1. The van der Waals surface area contributed by atoms with Gasteiger partial charge in [-0.2, -0.15) is 0 Å². The molecule has 0 amide bonds. The first kappa shape index (κ1) is 9.76. The minimum atomic E-state index is 0.462. The Hall–Kier alpha value is -0.780. The molecule has 1 aliphatic carbocycles. The average molecular weight is 301 g/mol. The van der Waals surface area contributed by atoms with Gasteiger partial charge in [-0.15, -0.1) is 0 Å². The molecule has 0 aliphatic heterocycles. The topological polar surface area (TPSA) is 50.4 Å². The van der Waals surface area contributed by atoms with Crippen LogP contribution in [0.3, 0.4) is 0 Å². The predicted molar refractivity (Wildman–Crippen MR) is 67.4 cm³/mol. The van der Waals surface area contributed by atoms with Gasteiger partial charge in [-0.25, -0.2) is 4.99 Å². The van der Waals surface area contributed by atoms with Crippen LogP contribution < -0.4 is 11.1 Å². The van der Waals surface area contributed by atoms with Crippen molar-refractivity contribution in [1.82, 2.24) is 0 Å². The van der Waals surface area contributed by atoms with Gasteiger partial charge in [0, 0.05) is 3.57 Å². The molecule has 3 N–H and O–H groups in total. The Balaban J connectivity index is 2.06. The van der Waals surface area contributed by atoms with Crippen molar-refractivity contribution in [1.29, 1.82) is 0 Å². The summed E-state index contributed by atoms with van der Waals surface area (Å²) in [6, 6.07) is 8.48. The van der Waals surface area contributed by atoms with E-state index >= 15 is 0 Å². The number of para-hydroxylation sites is 1. The van der Waals surface area contributed by atoms with Crippen molar-refractivity contribution in [2.24, 2.45) is 10.7 Å². The number of nitrogens with two attached hydrogens (primary N) is 1. The van der Waals surface area contributed by atoms with Gasteiger partial charge in [-0.05, 0) is 47.6 Å². The molecule has 0 bridgehead atoms. The molecule has 1 saturated carbocycles. The first-order valence-corrected chi connectivity index (χ1v) is 5.68. The summed E-state index contributed by atoms with van der Waals surface area (Å²) >= 11 is 2.27. The van der Waals surface area contributed by atoms with E-state index in [9.17, 15) is 0 Å². The molecule has 4 heteroatoms. The summed E-state index contributed by atoms with van der Waals surface area (Å²) in [5.41, 5.74) is 6.77. The lowest BCUT2D eigenvalue weighted by atomic mass is 10.3. The van der Waals surface area contributed by atoms with Crippen LogP contribution in [0.15, 0.2) is 29.3 Å². The van der Waals surface area contributed by atoms with E-state index in [4.69, 9.17) is 5.73 Å². The Morgan fingerprint density at radius 1 is 1.43 bits per heavy atom. The van der Waals surface area contributed by atoms with Gasteiger partial charge < -0.3 is 11.1 Å². The number of rotatable bonds is 2. The highest BCUT2D eigenvalue weighted by Gasteiger charge is 2.20. The number of halogens is 1. The van der Waals surface area contributed by atoms with E-state index in [1.54, 1.807) is 0 Å². The highest BCUT2D eigenvalue weighted by molar-refractivity contribution is 14.1. The van der Waals surface area contributed by atoms with Gasteiger partial charge in [0.2, 0.25) is 0 Å². The van der Waals surface area contributed by atoms with Crippen LogP contribution in [-0.2, 0) is 0 Å². The molecule has 3 nitrogen and oxygen atoms in total. The number of guanidine groups is 1. The molecule has 1 aromatic carbocycles. The van der Waals surface area contributed by atoms with Crippen LogP contribution in [0, 0.1) is 3.57 Å². The Labute approximate surface area is 96.9 Å². The third kappa shape index (κ3) is 2.60. The highest BCUT2D eigenvalue weighted by atomic mass is 127. The fourth-order valence-electron chi connectivity index (χ4n) is 1.13. The van der Waals surface area contributed by atoms with E-state index < -0.39 is 0 Å². The summed E-state index contributed by atoms with van der Waals surface area (Å²) in [6.45, 7) is 0. The lowest BCUT2D eigenvalue weighted by Gasteiger charge is -2.06. The Morgan fingerprint density at radius 2 is 2.14 bits per heavy atom. The summed E-state index contributed by atoms with van der Waals surface area (Å²) in [6.07, 6.45) is 2.35. The van der Waals surface area contributed by atoms with Crippen LogP contribution in [0.2, 0.25) is 0 Å². The molecule has 1 aliphatic rings. The Morgan fingerprint density at radius 3 is 2.79 bits per heavy atom. The van der Waals surface area contributed by atoms with Crippen LogP contribution in [0.4, 0.5) is 5.69 Å². The van der Waals surface area contributed by atoms with Gasteiger partial charge >= 0.3 is 0 Å². The summed E-state index contributed by atoms with van der Waals surface area (Å²) in [4.78, 5) is 4.30. The van der Waals surface area contributed by atoms with Gasteiger partial charge in [0.25, 0.3) is 0 Å². The summed E-state index contributed by atoms with van der Waals surface area (Å²) in [5.74, 6) is 0.525. The molecule has 0 saturated heterocycles. The molecular formula is C10H12IN3. The highest BCUT2D eigenvalue weighted by Crippen LogP contribution is 2.23. The standard InChI is InChI=1S/C10H12IN3/c11-8-3-1-2-4-9(8)14-10(12)13-7-5-6-7/h1-4,7H,5-6H2,(H3,12,13,14). The maximum absolute atomic E-state index is 5.75. The fraction of sp³-hybridized carbons (Fsp3) is 0.300. The van der Waals surface area contributed by atoms with Crippen molar-refractivity contribution in [2.45, 2.75) is 18.9 Å². The van der Waals surface area contributed by atoms with E-state index in [0.717, 1.165) is 9.26 Å². The lowest BCUT2D eigenvalue weighted by molar-refractivity contribution is 1.06. The van der Waals surface area contributed by atoms with E-state index in [1.807, 2.05) is 24.3 Å². The summed E-state index contributed by atoms with van der Waals surface area (Å²) in [5, 5.41) is 3.10. The first-order chi connectivity index (χ1) is 6.75. The first-order valence-electron chi connectivity index (χ1n) is 4.60. The van der Waals surface area contributed by atoms with Crippen molar-refractivity contribution in [3.63, 3.8) is 0 Å². The zero-order valence-electron chi connectivity index (χ0n) is 7.70. The van der Waals surface area contributed by atoms with Crippen LogP contribution in [0.5, 0.6) is 0 Å². The molecule has 1 aromatic rings. The molecule has 14 heavy (non-hydrogen) atoms. The van der Waals surface area contributed by atoms with Crippen molar-refractivity contribution in [3.05, 3.63) is 27.8 Å². The second-order valence-corrected chi connectivity index (χ2v) is 4.51. The van der Waals surface area contributed by atoms with Crippen LogP contribution in [-0.4, -0.2) is 12.0 Å². The number of anilines is 1. The van der Waals surface area contributed by atoms with Crippen molar-refractivity contribution in [3.8, 4) is 0 Å². The zero-order chi connectivity index (χ0) is 9.97. The molecule has 74 valence electrons. The van der Waals surface area contributed by atoms with Crippen LogP contribution in [0.1, 0.15) is 12.8 Å². The fourth-order valence-corrected chi connectivity index (χ4v) is 1.66. The normalized spacial score (nSPS) is 16.8. The quantitative estimate of drug-likeness (QED) is 0.500. The smallest absolute Gasteiger partial charge is 0.193 e. The molecule has 2 rings (SSSR count). The maximum atomic E-state index is 5.75. The molecule has 0 spiro atoms. The van der Waals surface area contributed by atoms with Gasteiger partial charge in [0.1, 0.15) is 0 Å². The van der Waals surface area contributed by atoms with Crippen molar-refractivity contribution in [2.75, 3.05) is 5.32 Å². The summed E-state index contributed by atoms with van der Waals surface area (Å²) < 4.78 is 1.15. The monoisotopic (exact) mass is 301 g/mol. The molecular weight excluding hydrogens is 289 g/mol. The Kier molecular flexibility index (Phi) is 2.90. The maximum Gasteiger partial charge on any atom is 0.193 e. The molecule has 0 atom stereocenters. The minimum absolute atomic E-state index is 0.462.